The highest BCUT2D eigenvalue weighted by atomic mass is 14.2. The normalized spacial score (nSPS) is 12.2. The van der Waals surface area contributed by atoms with Crippen LogP contribution in [-0.2, 0) is 12.8 Å². The number of hydrogen-bond acceptors (Lipinski definition) is 0. The Hall–Kier alpha value is -1.04. The summed E-state index contributed by atoms with van der Waals surface area (Å²) in [7, 11) is 0. The molecule has 0 atom stereocenters. The molecular formula is C17H26. The van der Waals surface area contributed by atoms with E-state index in [4.69, 9.17) is 0 Å². The SMILES string of the molecule is C/C=C\CC(C)(C)Cc1ccccc1CCC. The van der Waals surface area contributed by atoms with Gasteiger partial charge in [-0.3, -0.25) is 0 Å². The molecule has 0 N–H and O–H groups in total. The van der Waals surface area contributed by atoms with E-state index in [9.17, 15) is 0 Å². The summed E-state index contributed by atoms with van der Waals surface area (Å²) in [6.45, 7) is 9.06. The Bertz CT molecular complexity index is 358. The number of rotatable bonds is 6. The molecule has 0 fully saturated rings. The maximum atomic E-state index is 2.36. The van der Waals surface area contributed by atoms with E-state index in [1.54, 1.807) is 0 Å². The zero-order chi connectivity index (χ0) is 12.7. The lowest BCUT2D eigenvalue weighted by Crippen LogP contribution is -2.15. The predicted octanol–water partition coefficient (Wildman–Crippen LogP) is 5.17. The Morgan fingerprint density at radius 3 is 2.35 bits per heavy atom. The first-order chi connectivity index (χ1) is 8.09. The molecule has 0 bridgehead atoms. The van der Waals surface area contributed by atoms with Gasteiger partial charge in [0.25, 0.3) is 0 Å². The van der Waals surface area contributed by atoms with Gasteiger partial charge in [0, 0.05) is 0 Å². The van der Waals surface area contributed by atoms with Gasteiger partial charge < -0.3 is 0 Å². The predicted molar refractivity (Wildman–Crippen MR) is 77.4 cm³/mol. The van der Waals surface area contributed by atoms with E-state index in [0.29, 0.717) is 5.41 Å². The van der Waals surface area contributed by atoms with Crippen molar-refractivity contribution in [1.82, 2.24) is 0 Å². The maximum Gasteiger partial charge on any atom is -0.0222 e. The average Bonchev–Trinajstić information content (AvgIpc) is 2.29. The lowest BCUT2D eigenvalue weighted by atomic mass is 9.81. The number of aryl methyl sites for hydroxylation is 1. The van der Waals surface area contributed by atoms with Crippen LogP contribution in [0.1, 0.15) is 51.7 Å². The average molecular weight is 230 g/mol. The lowest BCUT2D eigenvalue weighted by Gasteiger charge is -2.24. The first-order valence-corrected chi connectivity index (χ1v) is 6.77. The van der Waals surface area contributed by atoms with Gasteiger partial charge in [-0.2, -0.15) is 0 Å². The minimum absolute atomic E-state index is 0.357. The fourth-order valence-electron chi connectivity index (χ4n) is 2.27. The van der Waals surface area contributed by atoms with Crippen molar-refractivity contribution in [3.8, 4) is 0 Å². The van der Waals surface area contributed by atoms with Gasteiger partial charge in [-0.25, -0.2) is 0 Å². The van der Waals surface area contributed by atoms with Gasteiger partial charge in [0.05, 0.1) is 0 Å². The molecule has 0 aliphatic heterocycles. The minimum Gasteiger partial charge on any atom is -0.0916 e. The smallest absolute Gasteiger partial charge is 0.0222 e. The molecule has 0 saturated carbocycles. The Morgan fingerprint density at radius 2 is 1.76 bits per heavy atom. The van der Waals surface area contributed by atoms with E-state index in [2.05, 4.69) is 64.1 Å². The molecule has 0 aliphatic carbocycles. The van der Waals surface area contributed by atoms with Crippen LogP contribution in [0.5, 0.6) is 0 Å². The van der Waals surface area contributed by atoms with Crippen molar-refractivity contribution in [3.63, 3.8) is 0 Å². The molecule has 0 spiro atoms. The highest BCUT2D eigenvalue weighted by Crippen LogP contribution is 2.28. The zero-order valence-corrected chi connectivity index (χ0v) is 11.8. The molecule has 1 rings (SSSR count). The molecule has 94 valence electrons. The van der Waals surface area contributed by atoms with Crippen LogP contribution in [0.2, 0.25) is 0 Å². The molecule has 0 amide bonds. The van der Waals surface area contributed by atoms with Crippen LogP contribution >= 0.6 is 0 Å². The van der Waals surface area contributed by atoms with Crippen molar-refractivity contribution in [2.75, 3.05) is 0 Å². The highest BCUT2D eigenvalue weighted by Gasteiger charge is 2.18. The van der Waals surface area contributed by atoms with Crippen LogP contribution in [0.4, 0.5) is 0 Å². The van der Waals surface area contributed by atoms with Gasteiger partial charge in [-0.05, 0) is 42.7 Å². The third kappa shape index (κ3) is 4.77. The molecule has 17 heavy (non-hydrogen) atoms. The standard InChI is InChI=1S/C17H26/c1-5-7-13-17(3,4)14-16-12-9-8-11-15(16)10-6-2/h5,7-9,11-12H,6,10,13-14H2,1-4H3/b7-5-. The van der Waals surface area contributed by atoms with E-state index in [-0.39, 0.29) is 0 Å². The van der Waals surface area contributed by atoms with Crippen molar-refractivity contribution >= 4 is 0 Å². The summed E-state index contributed by atoms with van der Waals surface area (Å²) in [5.41, 5.74) is 3.42. The van der Waals surface area contributed by atoms with Crippen LogP contribution in [-0.4, -0.2) is 0 Å². The molecule has 0 radical (unpaired) electrons. The van der Waals surface area contributed by atoms with Crippen LogP contribution in [0, 0.1) is 5.41 Å². The zero-order valence-electron chi connectivity index (χ0n) is 11.8. The largest absolute Gasteiger partial charge is 0.0916 e. The topological polar surface area (TPSA) is 0 Å². The summed E-state index contributed by atoms with van der Waals surface area (Å²) in [6, 6.07) is 8.90. The molecule has 0 saturated heterocycles. The molecule has 0 aliphatic rings. The van der Waals surface area contributed by atoms with Gasteiger partial charge in [-0.1, -0.05) is 63.6 Å². The van der Waals surface area contributed by atoms with Crippen LogP contribution < -0.4 is 0 Å². The summed E-state index contributed by atoms with van der Waals surface area (Å²) in [5, 5.41) is 0. The summed E-state index contributed by atoms with van der Waals surface area (Å²) in [5.74, 6) is 0. The summed E-state index contributed by atoms with van der Waals surface area (Å²) in [4.78, 5) is 0. The van der Waals surface area contributed by atoms with E-state index in [1.807, 2.05) is 0 Å². The molecule has 0 heteroatoms. The minimum atomic E-state index is 0.357. The molecule has 0 heterocycles. The van der Waals surface area contributed by atoms with Crippen LogP contribution in [0.15, 0.2) is 36.4 Å². The monoisotopic (exact) mass is 230 g/mol. The summed E-state index contributed by atoms with van der Waals surface area (Å²) < 4.78 is 0. The van der Waals surface area contributed by atoms with E-state index < -0.39 is 0 Å². The highest BCUT2D eigenvalue weighted by molar-refractivity contribution is 5.28. The second-order valence-electron chi connectivity index (χ2n) is 5.63. The van der Waals surface area contributed by atoms with Gasteiger partial charge >= 0.3 is 0 Å². The second-order valence-corrected chi connectivity index (χ2v) is 5.63. The summed E-state index contributed by atoms with van der Waals surface area (Å²) in [6.07, 6.45) is 9.20. The quantitative estimate of drug-likeness (QED) is 0.591. The Labute approximate surface area is 107 Å². The number of allylic oxidation sites excluding steroid dienone is 2. The molecular weight excluding hydrogens is 204 g/mol. The van der Waals surface area contributed by atoms with Gasteiger partial charge in [0.1, 0.15) is 0 Å². The van der Waals surface area contributed by atoms with Gasteiger partial charge in [0.2, 0.25) is 0 Å². The maximum absolute atomic E-state index is 2.36. The molecule has 1 aromatic carbocycles. The Morgan fingerprint density at radius 1 is 1.12 bits per heavy atom. The van der Waals surface area contributed by atoms with E-state index in [0.717, 1.165) is 6.42 Å². The Kier molecular flexibility index (Phi) is 5.47. The first-order valence-electron chi connectivity index (χ1n) is 6.77. The number of benzene rings is 1. The molecule has 0 unspecified atom stereocenters. The first kappa shape index (κ1) is 14.0. The third-order valence-electron chi connectivity index (χ3n) is 3.21. The number of hydrogen-bond donors (Lipinski definition) is 0. The third-order valence-corrected chi connectivity index (χ3v) is 3.21. The van der Waals surface area contributed by atoms with Gasteiger partial charge in [0.15, 0.2) is 0 Å². The van der Waals surface area contributed by atoms with Crippen LogP contribution in [0.3, 0.4) is 0 Å². The van der Waals surface area contributed by atoms with Gasteiger partial charge in [-0.15, -0.1) is 0 Å². The second kappa shape index (κ2) is 6.64. The van der Waals surface area contributed by atoms with Crippen molar-refractivity contribution in [3.05, 3.63) is 47.5 Å². The van der Waals surface area contributed by atoms with Crippen molar-refractivity contribution in [2.45, 2.75) is 53.4 Å². The van der Waals surface area contributed by atoms with Crippen LogP contribution in [0.25, 0.3) is 0 Å². The van der Waals surface area contributed by atoms with E-state index in [1.165, 1.54) is 30.4 Å². The molecule has 0 aromatic heterocycles. The Balaban J connectivity index is 2.79. The van der Waals surface area contributed by atoms with E-state index >= 15 is 0 Å². The van der Waals surface area contributed by atoms with Crippen molar-refractivity contribution < 1.29 is 0 Å². The fraction of sp³-hybridized carbons (Fsp3) is 0.529. The van der Waals surface area contributed by atoms with Crippen molar-refractivity contribution in [1.29, 1.82) is 0 Å². The molecule has 1 aromatic rings. The summed E-state index contributed by atoms with van der Waals surface area (Å²) >= 11 is 0. The van der Waals surface area contributed by atoms with Crippen molar-refractivity contribution in [2.24, 2.45) is 5.41 Å². The lowest BCUT2D eigenvalue weighted by molar-refractivity contribution is 0.367. The fourth-order valence-corrected chi connectivity index (χ4v) is 2.27. The molecule has 0 nitrogen and oxygen atoms in total.